The van der Waals surface area contributed by atoms with Crippen molar-refractivity contribution in [3.63, 3.8) is 0 Å². The molecule has 2 heterocycles. The zero-order chi connectivity index (χ0) is 13.5. The van der Waals surface area contributed by atoms with Crippen molar-refractivity contribution in [3.8, 4) is 0 Å². The lowest BCUT2D eigenvalue weighted by Gasteiger charge is -2.58. The maximum Gasteiger partial charge on any atom is 0.0685 e. The van der Waals surface area contributed by atoms with Gasteiger partial charge in [0.05, 0.1) is 6.10 Å². The molecule has 0 unspecified atom stereocenters. The fourth-order valence-corrected chi connectivity index (χ4v) is 4.17. The van der Waals surface area contributed by atoms with Crippen molar-refractivity contribution in [2.24, 2.45) is 11.3 Å². The maximum absolute atomic E-state index is 5.87. The molecule has 3 atom stereocenters. The van der Waals surface area contributed by atoms with Crippen molar-refractivity contribution < 1.29 is 4.74 Å². The molecule has 0 radical (unpaired) electrons. The Hall–Kier alpha value is -0.930. The van der Waals surface area contributed by atoms with Crippen molar-refractivity contribution in [2.75, 3.05) is 20.2 Å². The standard InChI is InChI=1S/C16H24N2O/c1-16(2)14(13-8-11-19-15(13)16)18(3)10-7-12-6-4-5-9-17-12/h4-6,9,13-15H,7-8,10-11H2,1-3H3/t13-,14-,15-/m1/s1. The molecular formula is C16H24N2O. The van der Waals surface area contributed by atoms with Crippen molar-refractivity contribution in [2.45, 2.75) is 38.8 Å². The summed E-state index contributed by atoms with van der Waals surface area (Å²) in [6.45, 7) is 6.72. The zero-order valence-corrected chi connectivity index (χ0v) is 12.2. The van der Waals surface area contributed by atoms with Crippen LogP contribution in [0, 0.1) is 11.3 Å². The fourth-order valence-electron chi connectivity index (χ4n) is 4.17. The molecule has 1 aromatic rings. The molecule has 0 aromatic carbocycles. The minimum Gasteiger partial charge on any atom is -0.377 e. The van der Waals surface area contributed by atoms with Crippen LogP contribution in [0.15, 0.2) is 24.4 Å². The number of ether oxygens (including phenoxy) is 1. The quantitative estimate of drug-likeness (QED) is 0.831. The molecule has 2 fully saturated rings. The number of fused-ring (bicyclic) bond motifs is 1. The molecule has 104 valence electrons. The highest BCUT2D eigenvalue weighted by atomic mass is 16.5. The van der Waals surface area contributed by atoms with Gasteiger partial charge in [-0.2, -0.15) is 0 Å². The Bertz CT molecular complexity index is 432. The smallest absolute Gasteiger partial charge is 0.0685 e. The van der Waals surface area contributed by atoms with Gasteiger partial charge in [0.25, 0.3) is 0 Å². The van der Waals surface area contributed by atoms with E-state index in [0.717, 1.165) is 25.5 Å². The van der Waals surface area contributed by atoms with Gasteiger partial charge in [0.15, 0.2) is 0 Å². The first-order valence-electron chi connectivity index (χ1n) is 7.32. The summed E-state index contributed by atoms with van der Waals surface area (Å²) in [7, 11) is 2.25. The number of hydrogen-bond donors (Lipinski definition) is 0. The lowest BCUT2D eigenvalue weighted by molar-refractivity contribution is -0.149. The summed E-state index contributed by atoms with van der Waals surface area (Å²) in [5, 5.41) is 0. The second-order valence-electron chi connectivity index (χ2n) is 6.56. The van der Waals surface area contributed by atoms with Crippen LogP contribution >= 0.6 is 0 Å². The first-order valence-corrected chi connectivity index (χ1v) is 7.32. The molecule has 1 saturated carbocycles. The summed E-state index contributed by atoms with van der Waals surface area (Å²) in [6.07, 6.45) is 4.62. The van der Waals surface area contributed by atoms with E-state index in [1.165, 1.54) is 12.1 Å². The number of pyridine rings is 1. The molecule has 1 aliphatic heterocycles. The normalized spacial score (nSPS) is 32.1. The molecule has 0 amide bonds. The molecule has 1 saturated heterocycles. The van der Waals surface area contributed by atoms with Crippen LogP contribution in [0.25, 0.3) is 0 Å². The Morgan fingerprint density at radius 3 is 3.00 bits per heavy atom. The molecule has 0 N–H and O–H groups in total. The van der Waals surface area contributed by atoms with E-state index in [9.17, 15) is 0 Å². The third-order valence-corrected chi connectivity index (χ3v) is 4.96. The first-order chi connectivity index (χ1) is 9.10. The third-order valence-electron chi connectivity index (χ3n) is 4.96. The largest absolute Gasteiger partial charge is 0.377 e. The van der Waals surface area contributed by atoms with Crippen LogP contribution in [0.5, 0.6) is 0 Å². The summed E-state index contributed by atoms with van der Waals surface area (Å²) < 4.78 is 5.87. The van der Waals surface area contributed by atoms with Crippen LogP contribution in [0.2, 0.25) is 0 Å². The van der Waals surface area contributed by atoms with Crippen LogP contribution < -0.4 is 0 Å². The second kappa shape index (κ2) is 4.88. The molecule has 2 aliphatic rings. The Labute approximate surface area is 116 Å². The average molecular weight is 260 g/mol. The van der Waals surface area contributed by atoms with E-state index >= 15 is 0 Å². The van der Waals surface area contributed by atoms with Crippen LogP contribution in [-0.2, 0) is 11.2 Å². The molecule has 3 heteroatoms. The Morgan fingerprint density at radius 1 is 1.42 bits per heavy atom. The maximum atomic E-state index is 5.87. The highest BCUT2D eigenvalue weighted by Crippen LogP contribution is 2.54. The van der Waals surface area contributed by atoms with Gasteiger partial charge in [-0.25, -0.2) is 0 Å². The van der Waals surface area contributed by atoms with Crippen LogP contribution in [0.3, 0.4) is 0 Å². The van der Waals surface area contributed by atoms with Gasteiger partial charge >= 0.3 is 0 Å². The predicted molar refractivity (Wildman–Crippen MR) is 76.0 cm³/mol. The second-order valence-corrected chi connectivity index (χ2v) is 6.56. The van der Waals surface area contributed by atoms with Gasteiger partial charge in [-0.05, 0) is 25.6 Å². The van der Waals surface area contributed by atoms with Crippen molar-refractivity contribution in [3.05, 3.63) is 30.1 Å². The lowest BCUT2D eigenvalue weighted by Crippen LogP contribution is -2.66. The van der Waals surface area contributed by atoms with E-state index in [-0.39, 0.29) is 0 Å². The first kappa shape index (κ1) is 13.1. The number of likely N-dealkylation sites (N-methyl/N-ethyl adjacent to an activating group) is 1. The number of hydrogen-bond acceptors (Lipinski definition) is 3. The average Bonchev–Trinajstić information content (AvgIpc) is 2.83. The van der Waals surface area contributed by atoms with Gasteiger partial charge in [-0.15, -0.1) is 0 Å². The molecule has 1 aromatic heterocycles. The SMILES string of the molecule is CN(CCc1ccccn1)[C@@H]1[C@H]2CCO[C@H]2C1(C)C. The van der Waals surface area contributed by atoms with Crippen LogP contribution in [0.4, 0.5) is 0 Å². The van der Waals surface area contributed by atoms with Crippen molar-refractivity contribution in [1.29, 1.82) is 0 Å². The minimum absolute atomic E-state index is 0.292. The summed E-state index contributed by atoms with van der Waals surface area (Å²) >= 11 is 0. The van der Waals surface area contributed by atoms with Gasteiger partial charge in [-0.1, -0.05) is 19.9 Å². The Kier molecular flexibility index (Phi) is 3.35. The van der Waals surface area contributed by atoms with E-state index < -0.39 is 0 Å². The van der Waals surface area contributed by atoms with E-state index in [0.29, 0.717) is 17.6 Å². The molecule has 3 nitrogen and oxygen atoms in total. The van der Waals surface area contributed by atoms with Gasteiger partial charge in [0.1, 0.15) is 0 Å². The predicted octanol–water partition coefficient (Wildman–Crippen LogP) is 2.37. The monoisotopic (exact) mass is 260 g/mol. The fraction of sp³-hybridized carbons (Fsp3) is 0.688. The van der Waals surface area contributed by atoms with Gasteiger partial charge < -0.3 is 9.64 Å². The molecule has 3 rings (SSSR count). The highest BCUT2D eigenvalue weighted by Gasteiger charge is 2.60. The topological polar surface area (TPSA) is 25.4 Å². The van der Waals surface area contributed by atoms with E-state index in [1.54, 1.807) is 0 Å². The van der Waals surface area contributed by atoms with Crippen molar-refractivity contribution in [1.82, 2.24) is 9.88 Å². The molecule has 19 heavy (non-hydrogen) atoms. The number of rotatable bonds is 4. The summed E-state index contributed by atoms with van der Waals surface area (Å²) in [4.78, 5) is 6.92. The number of nitrogens with zero attached hydrogens (tertiary/aromatic N) is 2. The molecular weight excluding hydrogens is 236 g/mol. The molecule has 1 aliphatic carbocycles. The zero-order valence-electron chi connectivity index (χ0n) is 12.2. The highest BCUT2D eigenvalue weighted by molar-refractivity contribution is 5.12. The van der Waals surface area contributed by atoms with E-state index in [1.807, 2.05) is 12.3 Å². The number of aromatic nitrogens is 1. The summed E-state index contributed by atoms with van der Waals surface area (Å²) in [5.74, 6) is 0.740. The van der Waals surface area contributed by atoms with Gasteiger partial charge in [0, 0.05) is 48.8 Å². The van der Waals surface area contributed by atoms with Gasteiger partial charge in [-0.3, -0.25) is 4.98 Å². The van der Waals surface area contributed by atoms with Crippen LogP contribution in [-0.4, -0.2) is 42.2 Å². The third kappa shape index (κ3) is 2.19. The minimum atomic E-state index is 0.292. The summed E-state index contributed by atoms with van der Waals surface area (Å²) in [6, 6.07) is 6.81. The van der Waals surface area contributed by atoms with Gasteiger partial charge in [0.2, 0.25) is 0 Å². The molecule has 0 spiro atoms. The van der Waals surface area contributed by atoms with E-state index in [4.69, 9.17) is 4.74 Å². The molecule has 0 bridgehead atoms. The van der Waals surface area contributed by atoms with Crippen molar-refractivity contribution >= 4 is 0 Å². The lowest BCUT2D eigenvalue weighted by atomic mass is 9.57. The van der Waals surface area contributed by atoms with Crippen LogP contribution in [0.1, 0.15) is 26.0 Å². The Morgan fingerprint density at radius 2 is 2.26 bits per heavy atom. The van der Waals surface area contributed by atoms with E-state index in [2.05, 4.69) is 42.9 Å². The summed E-state index contributed by atoms with van der Waals surface area (Å²) in [5.41, 5.74) is 1.48. The Balaban J connectivity index is 1.60.